The largest absolute Gasteiger partial charge is 0.468 e. The van der Waals surface area contributed by atoms with Crippen molar-refractivity contribution < 1.29 is 27.8 Å². The maximum absolute atomic E-state index is 12.4. The van der Waals surface area contributed by atoms with Gasteiger partial charge in [0.1, 0.15) is 5.69 Å². The number of aliphatic hydroxyl groups excluding tert-OH is 1. The number of carbonyl (C=O) groups is 1. The van der Waals surface area contributed by atoms with Gasteiger partial charge in [0.05, 0.1) is 17.4 Å². The number of aromatic nitrogens is 4. The van der Waals surface area contributed by atoms with Gasteiger partial charge in [-0.05, 0) is 37.5 Å². The third-order valence-corrected chi connectivity index (χ3v) is 4.37. The minimum atomic E-state index is -4.43. The summed E-state index contributed by atoms with van der Waals surface area (Å²) in [6.07, 6.45) is 1.45. The first-order valence-corrected chi connectivity index (χ1v) is 9.63. The summed E-state index contributed by atoms with van der Waals surface area (Å²) in [5.41, 5.74) is 2.03. The number of aryl methyl sites for hydroxylation is 1. The van der Waals surface area contributed by atoms with E-state index in [1.807, 2.05) is 0 Å². The summed E-state index contributed by atoms with van der Waals surface area (Å²) < 4.78 is 43.3. The van der Waals surface area contributed by atoms with E-state index in [1.54, 1.807) is 29.9 Å². The number of nitrogens with one attached hydrogen (secondary N) is 1. The molecule has 0 fully saturated rings. The lowest BCUT2D eigenvalue weighted by Crippen LogP contribution is -2.25. The van der Waals surface area contributed by atoms with Gasteiger partial charge in [-0.3, -0.25) is 14.5 Å². The Morgan fingerprint density at radius 1 is 1.29 bits per heavy atom. The van der Waals surface area contributed by atoms with E-state index in [9.17, 15) is 18.0 Å². The van der Waals surface area contributed by atoms with Crippen molar-refractivity contribution in [2.45, 2.75) is 32.5 Å². The number of alkyl halides is 3. The first-order chi connectivity index (χ1) is 14.8. The maximum Gasteiger partial charge on any atom is 0.422 e. The van der Waals surface area contributed by atoms with Gasteiger partial charge in [-0.2, -0.15) is 18.3 Å². The molecule has 0 aromatic carbocycles. The molecule has 1 amide bonds. The summed E-state index contributed by atoms with van der Waals surface area (Å²) in [7, 11) is 0. The van der Waals surface area contributed by atoms with Gasteiger partial charge in [-0.25, -0.2) is 4.98 Å². The molecule has 3 aromatic heterocycles. The second-order valence-electron chi connectivity index (χ2n) is 6.98. The Balaban J connectivity index is 1.72. The number of aliphatic hydroxyl groups is 1. The number of amides is 1. The van der Waals surface area contributed by atoms with Crippen LogP contribution in [0.3, 0.4) is 0 Å². The number of hydrogen-bond acceptors (Lipinski definition) is 6. The molecule has 0 saturated heterocycles. The Morgan fingerprint density at radius 2 is 2.10 bits per heavy atom. The number of rotatable bonds is 9. The molecule has 0 unspecified atom stereocenters. The molecule has 0 saturated carbocycles. The molecule has 8 nitrogen and oxygen atoms in total. The molecule has 0 bridgehead atoms. The van der Waals surface area contributed by atoms with E-state index in [0.717, 1.165) is 0 Å². The second kappa shape index (κ2) is 9.73. The highest BCUT2D eigenvalue weighted by Gasteiger charge is 2.29. The van der Waals surface area contributed by atoms with Gasteiger partial charge >= 0.3 is 6.18 Å². The minimum Gasteiger partial charge on any atom is -0.468 e. The van der Waals surface area contributed by atoms with E-state index >= 15 is 0 Å². The van der Waals surface area contributed by atoms with E-state index in [4.69, 9.17) is 9.84 Å². The summed E-state index contributed by atoms with van der Waals surface area (Å²) in [5.74, 6) is -0.400. The van der Waals surface area contributed by atoms with Crippen LogP contribution >= 0.6 is 0 Å². The summed E-state index contributed by atoms with van der Waals surface area (Å²) >= 11 is 0. The van der Waals surface area contributed by atoms with Crippen LogP contribution in [0.4, 0.5) is 13.2 Å². The molecule has 0 spiro atoms. The van der Waals surface area contributed by atoms with Crippen molar-refractivity contribution in [1.82, 2.24) is 25.1 Å². The Morgan fingerprint density at radius 3 is 2.81 bits per heavy atom. The monoisotopic (exact) mass is 437 g/mol. The number of fused-ring (bicyclic) bond motifs is 1. The Hall–Kier alpha value is -3.21. The van der Waals surface area contributed by atoms with E-state index < -0.39 is 12.8 Å². The molecule has 0 aliphatic rings. The van der Waals surface area contributed by atoms with Crippen LogP contribution in [0.1, 0.15) is 34.5 Å². The van der Waals surface area contributed by atoms with E-state index in [-0.39, 0.29) is 24.1 Å². The molecule has 3 rings (SSSR count). The lowest BCUT2D eigenvalue weighted by molar-refractivity contribution is -0.154. The lowest BCUT2D eigenvalue weighted by Gasteiger charge is -2.11. The fraction of sp³-hybridized carbons (Fsp3) is 0.400. The maximum atomic E-state index is 12.4. The number of halogens is 3. The molecular weight excluding hydrogens is 415 g/mol. The third-order valence-electron chi connectivity index (χ3n) is 4.37. The summed E-state index contributed by atoms with van der Waals surface area (Å²) in [5, 5.41) is 16.6. The van der Waals surface area contributed by atoms with Crippen LogP contribution in [-0.4, -0.2) is 56.7 Å². The highest BCUT2D eigenvalue weighted by Crippen LogP contribution is 2.21. The molecule has 0 aliphatic heterocycles. The van der Waals surface area contributed by atoms with Gasteiger partial charge in [0, 0.05) is 37.3 Å². The van der Waals surface area contributed by atoms with Crippen molar-refractivity contribution in [2.24, 2.45) is 0 Å². The number of pyridine rings is 2. The van der Waals surface area contributed by atoms with E-state index in [2.05, 4.69) is 20.4 Å². The van der Waals surface area contributed by atoms with Crippen LogP contribution in [0, 0.1) is 6.92 Å². The molecular formula is C20H22F3N5O3. The molecule has 166 valence electrons. The van der Waals surface area contributed by atoms with Gasteiger partial charge in [0.15, 0.2) is 6.61 Å². The fourth-order valence-corrected chi connectivity index (χ4v) is 2.97. The van der Waals surface area contributed by atoms with Crippen molar-refractivity contribution >= 4 is 16.8 Å². The zero-order valence-electron chi connectivity index (χ0n) is 16.8. The zero-order valence-corrected chi connectivity index (χ0v) is 16.8. The van der Waals surface area contributed by atoms with Crippen molar-refractivity contribution in [1.29, 1.82) is 0 Å². The van der Waals surface area contributed by atoms with Crippen LogP contribution < -0.4 is 10.1 Å². The van der Waals surface area contributed by atoms with Gasteiger partial charge < -0.3 is 15.2 Å². The minimum absolute atomic E-state index is 0.0697. The quantitative estimate of drug-likeness (QED) is 0.499. The van der Waals surface area contributed by atoms with Crippen LogP contribution in [0.5, 0.6) is 5.88 Å². The average molecular weight is 437 g/mol. The molecule has 3 heterocycles. The number of carbonyl (C=O) groups excluding carboxylic acids is 1. The van der Waals surface area contributed by atoms with Gasteiger partial charge in [0.25, 0.3) is 5.91 Å². The topological polar surface area (TPSA) is 102 Å². The fourth-order valence-electron chi connectivity index (χ4n) is 2.97. The standard InChI is InChI=1S/C20H22F3N5O3/c1-13-8-14(9-26-19(13)31-12-20(21,22)23)10-28-11-15-16(27-28)4-6-24-17(15)18(30)25-5-2-3-7-29/h4,6,8-9,11,29H,2-3,5,7,10,12H2,1H3,(H,25,30). The summed E-state index contributed by atoms with van der Waals surface area (Å²) in [4.78, 5) is 20.6. The van der Waals surface area contributed by atoms with Crippen molar-refractivity contribution in [2.75, 3.05) is 19.8 Å². The highest BCUT2D eigenvalue weighted by atomic mass is 19.4. The molecule has 0 atom stereocenters. The number of nitrogens with zero attached hydrogens (tertiary/aromatic N) is 4. The SMILES string of the molecule is Cc1cc(Cn2cc3c(C(=O)NCCCCO)nccc3n2)cnc1OCC(F)(F)F. The Labute approximate surface area is 176 Å². The lowest BCUT2D eigenvalue weighted by atomic mass is 10.2. The van der Waals surface area contributed by atoms with Crippen LogP contribution in [0.15, 0.2) is 30.7 Å². The van der Waals surface area contributed by atoms with E-state index in [1.165, 1.54) is 12.4 Å². The van der Waals surface area contributed by atoms with Gasteiger partial charge in [0.2, 0.25) is 5.88 Å². The second-order valence-corrected chi connectivity index (χ2v) is 6.98. The summed E-state index contributed by atoms with van der Waals surface area (Å²) in [6.45, 7) is 1.02. The predicted molar refractivity (Wildman–Crippen MR) is 106 cm³/mol. The van der Waals surface area contributed by atoms with Crippen LogP contribution in [0.2, 0.25) is 0 Å². The normalized spacial score (nSPS) is 11.6. The first kappa shape index (κ1) is 22.5. The smallest absolute Gasteiger partial charge is 0.422 e. The van der Waals surface area contributed by atoms with Gasteiger partial charge in [-0.15, -0.1) is 0 Å². The number of hydrogen-bond donors (Lipinski definition) is 2. The number of unbranched alkanes of at least 4 members (excludes halogenated alkanes) is 1. The molecule has 2 N–H and O–H groups in total. The molecule has 11 heteroatoms. The zero-order chi connectivity index (χ0) is 22.4. The predicted octanol–water partition coefficient (Wildman–Crippen LogP) is 2.63. The first-order valence-electron chi connectivity index (χ1n) is 9.63. The van der Waals surface area contributed by atoms with Crippen molar-refractivity contribution in [3.63, 3.8) is 0 Å². The average Bonchev–Trinajstić information content (AvgIpc) is 3.12. The molecule has 0 radical (unpaired) electrons. The highest BCUT2D eigenvalue weighted by molar-refractivity contribution is 6.04. The van der Waals surface area contributed by atoms with Crippen LogP contribution in [0.25, 0.3) is 10.9 Å². The summed E-state index contributed by atoms with van der Waals surface area (Å²) in [6, 6.07) is 3.37. The molecule has 31 heavy (non-hydrogen) atoms. The number of ether oxygens (including phenoxy) is 1. The van der Waals surface area contributed by atoms with Crippen molar-refractivity contribution in [3.8, 4) is 5.88 Å². The Bertz CT molecular complexity index is 1050. The Kier molecular flexibility index (Phi) is 7.06. The molecule has 0 aliphatic carbocycles. The molecule has 3 aromatic rings. The van der Waals surface area contributed by atoms with Crippen molar-refractivity contribution in [3.05, 3.63) is 47.5 Å². The third kappa shape index (κ3) is 6.14. The van der Waals surface area contributed by atoms with Crippen LogP contribution in [-0.2, 0) is 6.54 Å². The van der Waals surface area contributed by atoms with Gasteiger partial charge in [-0.1, -0.05) is 0 Å². The van der Waals surface area contributed by atoms with E-state index in [0.29, 0.717) is 48.0 Å².